The molecule has 0 aliphatic carbocycles. The van der Waals surface area contributed by atoms with Gasteiger partial charge in [0.05, 0.1) is 18.2 Å². The minimum atomic E-state index is -0.990. The van der Waals surface area contributed by atoms with Crippen LogP contribution in [-0.4, -0.2) is 29.1 Å². The van der Waals surface area contributed by atoms with Gasteiger partial charge in [-0.05, 0) is 54.8 Å². The van der Waals surface area contributed by atoms with Crippen LogP contribution in [0.3, 0.4) is 0 Å². The van der Waals surface area contributed by atoms with Crippen molar-refractivity contribution in [3.05, 3.63) is 70.5 Å². The number of amides is 1. The number of hydrogen-bond acceptors (Lipinski definition) is 3. The second-order valence-electron chi connectivity index (χ2n) is 6.94. The number of anilines is 1. The number of aromatic nitrogens is 1. The first-order chi connectivity index (χ1) is 13.9. The third-order valence-corrected chi connectivity index (χ3v) is 5.21. The number of carbonyl (C=O) groups excluding carboxylic acids is 1. The molecule has 3 aromatic rings. The van der Waals surface area contributed by atoms with Crippen LogP contribution in [0, 0.1) is 13.8 Å². The number of fused-ring (bicyclic) bond motifs is 1. The molecule has 29 heavy (non-hydrogen) atoms. The molecule has 6 nitrogen and oxygen atoms in total. The van der Waals surface area contributed by atoms with Crippen molar-refractivity contribution in [3.8, 4) is 16.9 Å². The SMILES string of the molecule is COc1ccc(-c2cccc3c2C(=Cc2[nH]c(C)c(C(=O)O)c2C)C(=O)N3)cc1. The van der Waals surface area contributed by atoms with Gasteiger partial charge < -0.3 is 20.1 Å². The van der Waals surface area contributed by atoms with E-state index in [1.807, 2.05) is 42.5 Å². The lowest BCUT2D eigenvalue weighted by molar-refractivity contribution is -0.110. The number of carboxylic acid groups (broad SMARTS) is 1. The molecule has 2 aromatic carbocycles. The Morgan fingerprint density at radius 1 is 1.10 bits per heavy atom. The molecule has 0 saturated carbocycles. The number of aryl methyl sites for hydroxylation is 1. The number of hydrogen-bond donors (Lipinski definition) is 3. The number of aromatic carboxylic acids is 1. The Bertz CT molecular complexity index is 1170. The molecule has 4 rings (SSSR count). The summed E-state index contributed by atoms with van der Waals surface area (Å²) in [6.45, 7) is 3.45. The minimum absolute atomic E-state index is 0.218. The average Bonchev–Trinajstić information content (AvgIpc) is 3.17. The molecule has 0 atom stereocenters. The Morgan fingerprint density at radius 3 is 2.45 bits per heavy atom. The fourth-order valence-electron chi connectivity index (χ4n) is 3.78. The van der Waals surface area contributed by atoms with Crippen molar-refractivity contribution in [2.24, 2.45) is 0 Å². The van der Waals surface area contributed by atoms with E-state index in [1.165, 1.54) is 0 Å². The zero-order chi connectivity index (χ0) is 20.7. The first kappa shape index (κ1) is 18.6. The number of H-pyrrole nitrogens is 1. The summed E-state index contributed by atoms with van der Waals surface area (Å²) in [5.74, 6) is -0.453. The van der Waals surface area contributed by atoms with Gasteiger partial charge in [-0.1, -0.05) is 24.3 Å². The van der Waals surface area contributed by atoms with Gasteiger partial charge in [0.2, 0.25) is 0 Å². The van der Waals surface area contributed by atoms with Crippen molar-refractivity contribution < 1.29 is 19.4 Å². The predicted molar refractivity (Wildman–Crippen MR) is 112 cm³/mol. The van der Waals surface area contributed by atoms with Gasteiger partial charge >= 0.3 is 5.97 Å². The molecule has 1 aliphatic rings. The molecule has 0 saturated heterocycles. The molecule has 6 heteroatoms. The molecule has 0 bridgehead atoms. The van der Waals surface area contributed by atoms with E-state index >= 15 is 0 Å². The molecule has 0 fully saturated rings. The first-order valence-corrected chi connectivity index (χ1v) is 9.14. The molecular formula is C23H20N2O4. The summed E-state index contributed by atoms with van der Waals surface area (Å²) in [4.78, 5) is 27.3. The molecule has 2 heterocycles. The Labute approximate surface area is 167 Å². The number of benzene rings is 2. The minimum Gasteiger partial charge on any atom is -0.497 e. The van der Waals surface area contributed by atoms with Crippen LogP contribution in [0.2, 0.25) is 0 Å². The van der Waals surface area contributed by atoms with Gasteiger partial charge in [0.15, 0.2) is 0 Å². The monoisotopic (exact) mass is 388 g/mol. The highest BCUT2D eigenvalue weighted by Gasteiger charge is 2.28. The summed E-state index contributed by atoms with van der Waals surface area (Å²) in [7, 11) is 1.62. The van der Waals surface area contributed by atoms with Crippen LogP contribution in [0.1, 0.15) is 32.9 Å². The normalized spacial score (nSPS) is 14.0. The molecule has 1 aliphatic heterocycles. The Balaban J connectivity index is 1.87. The van der Waals surface area contributed by atoms with E-state index in [2.05, 4.69) is 10.3 Å². The van der Waals surface area contributed by atoms with E-state index in [0.29, 0.717) is 22.5 Å². The Morgan fingerprint density at radius 2 is 1.83 bits per heavy atom. The quantitative estimate of drug-likeness (QED) is 0.574. The average molecular weight is 388 g/mol. The van der Waals surface area contributed by atoms with E-state index in [9.17, 15) is 14.7 Å². The van der Waals surface area contributed by atoms with Gasteiger partial charge in [-0.3, -0.25) is 4.79 Å². The fourth-order valence-corrected chi connectivity index (χ4v) is 3.78. The molecule has 0 unspecified atom stereocenters. The zero-order valence-corrected chi connectivity index (χ0v) is 16.3. The van der Waals surface area contributed by atoms with E-state index in [0.717, 1.165) is 28.1 Å². The van der Waals surface area contributed by atoms with Gasteiger partial charge in [-0.25, -0.2) is 4.79 Å². The van der Waals surface area contributed by atoms with E-state index < -0.39 is 5.97 Å². The maximum Gasteiger partial charge on any atom is 0.337 e. The molecule has 0 spiro atoms. The summed E-state index contributed by atoms with van der Waals surface area (Å²) in [5.41, 5.74) is 5.90. The first-order valence-electron chi connectivity index (χ1n) is 9.14. The molecule has 1 amide bonds. The van der Waals surface area contributed by atoms with Crippen LogP contribution >= 0.6 is 0 Å². The third kappa shape index (κ3) is 3.08. The van der Waals surface area contributed by atoms with Crippen molar-refractivity contribution in [2.45, 2.75) is 13.8 Å². The standard InChI is InChI=1S/C23H20N2O4/c1-12-19(24-13(2)20(12)23(27)28)11-17-21-16(5-4-6-18(21)25-22(17)26)14-7-9-15(29-3)10-8-14/h4-11,24H,1-3H3,(H,25,26)(H,27,28). The van der Waals surface area contributed by atoms with E-state index in [1.54, 1.807) is 27.0 Å². The summed E-state index contributed by atoms with van der Waals surface area (Å²) in [6.07, 6.45) is 1.73. The predicted octanol–water partition coefficient (Wildman–Crippen LogP) is 4.50. The lowest BCUT2D eigenvalue weighted by Gasteiger charge is -2.09. The van der Waals surface area contributed by atoms with Gasteiger partial charge in [-0.15, -0.1) is 0 Å². The summed E-state index contributed by atoms with van der Waals surface area (Å²) in [5, 5.41) is 12.3. The highest BCUT2D eigenvalue weighted by molar-refractivity contribution is 6.36. The van der Waals surface area contributed by atoms with Crippen LogP contribution in [0.15, 0.2) is 42.5 Å². The number of carboxylic acids is 1. The summed E-state index contributed by atoms with van der Waals surface area (Å²) < 4.78 is 5.23. The lowest BCUT2D eigenvalue weighted by atomic mass is 9.94. The fraction of sp³-hybridized carbons (Fsp3) is 0.130. The molecule has 3 N–H and O–H groups in total. The Hall–Kier alpha value is -3.80. The topological polar surface area (TPSA) is 91.4 Å². The van der Waals surface area contributed by atoms with Gasteiger partial charge in [0.25, 0.3) is 5.91 Å². The zero-order valence-electron chi connectivity index (χ0n) is 16.3. The number of ether oxygens (including phenoxy) is 1. The second kappa shape index (κ2) is 6.98. The molecular weight excluding hydrogens is 368 g/mol. The number of carbonyl (C=O) groups is 2. The van der Waals surface area contributed by atoms with Crippen LogP contribution in [0.4, 0.5) is 5.69 Å². The summed E-state index contributed by atoms with van der Waals surface area (Å²) >= 11 is 0. The third-order valence-electron chi connectivity index (χ3n) is 5.21. The maximum atomic E-state index is 12.7. The van der Waals surface area contributed by atoms with Crippen molar-refractivity contribution >= 4 is 29.2 Å². The number of nitrogens with one attached hydrogen (secondary N) is 2. The molecule has 1 aromatic heterocycles. The van der Waals surface area contributed by atoms with Crippen LogP contribution in [0.25, 0.3) is 22.8 Å². The van der Waals surface area contributed by atoms with Gasteiger partial charge in [0.1, 0.15) is 5.75 Å². The van der Waals surface area contributed by atoms with Crippen molar-refractivity contribution in [1.82, 2.24) is 4.98 Å². The van der Waals surface area contributed by atoms with Crippen molar-refractivity contribution in [1.29, 1.82) is 0 Å². The van der Waals surface area contributed by atoms with Crippen LogP contribution in [-0.2, 0) is 4.79 Å². The van der Waals surface area contributed by atoms with Crippen molar-refractivity contribution in [2.75, 3.05) is 12.4 Å². The number of rotatable bonds is 4. The van der Waals surface area contributed by atoms with Crippen LogP contribution < -0.4 is 10.1 Å². The van der Waals surface area contributed by atoms with E-state index in [4.69, 9.17) is 4.74 Å². The summed E-state index contributed by atoms with van der Waals surface area (Å²) in [6, 6.07) is 13.4. The van der Waals surface area contributed by atoms with Crippen LogP contribution in [0.5, 0.6) is 5.75 Å². The highest BCUT2D eigenvalue weighted by Crippen LogP contribution is 2.41. The number of methoxy groups -OCH3 is 1. The Kier molecular flexibility index (Phi) is 4.47. The number of aromatic amines is 1. The van der Waals surface area contributed by atoms with Gasteiger partial charge in [-0.2, -0.15) is 0 Å². The molecule has 146 valence electrons. The highest BCUT2D eigenvalue weighted by atomic mass is 16.5. The smallest absolute Gasteiger partial charge is 0.337 e. The van der Waals surface area contributed by atoms with Gasteiger partial charge in [0, 0.05) is 22.6 Å². The molecule has 0 radical (unpaired) electrons. The second-order valence-corrected chi connectivity index (χ2v) is 6.94. The van der Waals surface area contributed by atoms with Crippen molar-refractivity contribution in [3.63, 3.8) is 0 Å². The largest absolute Gasteiger partial charge is 0.497 e. The van der Waals surface area contributed by atoms with E-state index in [-0.39, 0.29) is 11.5 Å². The lowest BCUT2D eigenvalue weighted by Crippen LogP contribution is -2.03. The maximum absolute atomic E-state index is 12.7.